The van der Waals surface area contributed by atoms with Crippen molar-refractivity contribution in [1.82, 2.24) is 10.4 Å². The van der Waals surface area contributed by atoms with Crippen LogP contribution in [0.4, 0.5) is 0 Å². The van der Waals surface area contributed by atoms with Crippen LogP contribution in [-0.4, -0.2) is 36.8 Å². The molecule has 16 heavy (non-hydrogen) atoms. The second kappa shape index (κ2) is 4.99. The molecular formula is C8H12N3O4S+. The Morgan fingerprint density at radius 3 is 2.75 bits per heavy atom. The zero-order chi connectivity index (χ0) is 12.2. The van der Waals surface area contributed by atoms with Gasteiger partial charge in [-0.05, 0) is 5.10 Å². The monoisotopic (exact) mass is 246 g/mol. The van der Waals surface area contributed by atoms with Gasteiger partial charge in [0.25, 0.3) is 16.0 Å². The van der Waals surface area contributed by atoms with Crippen LogP contribution in [0.25, 0.3) is 0 Å². The molecule has 1 aromatic rings. The number of hydrogen-bond acceptors (Lipinski definition) is 4. The van der Waals surface area contributed by atoms with Crippen LogP contribution in [-0.2, 0) is 16.7 Å². The number of aryl methyl sites for hydroxylation is 1. The highest BCUT2D eigenvalue weighted by Gasteiger charge is 2.12. The minimum Gasteiger partial charge on any atom is -0.355 e. The lowest BCUT2D eigenvalue weighted by Crippen LogP contribution is -2.40. The predicted octanol–water partition coefficient (Wildman–Crippen LogP) is -1.38. The van der Waals surface area contributed by atoms with Crippen LogP contribution in [0.3, 0.4) is 0 Å². The number of rotatable bonds is 4. The normalized spacial score (nSPS) is 11.1. The van der Waals surface area contributed by atoms with Crippen molar-refractivity contribution in [2.75, 3.05) is 12.8 Å². The van der Waals surface area contributed by atoms with Crippen LogP contribution in [0.5, 0.6) is 0 Å². The molecule has 0 saturated heterocycles. The third-order valence-electron chi connectivity index (χ3n) is 1.84. The van der Waals surface area contributed by atoms with E-state index in [0.29, 0.717) is 5.56 Å². The Morgan fingerprint density at radius 2 is 2.31 bits per heavy atom. The van der Waals surface area contributed by atoms with Crippen molar-refractivity contribution < 1.29 is 22.4 Å². The molecule has 0 fully saturated rings. The molecule has 7 nitrogen and oxygen atoms in total. The maximum absolute atomic E-state index is 11.1. The van der Waals surface area contributed by atoms with Crippen molar-refractivity contribution in [2.24, 2.45) is 0 Å². The SMILES string of the molecule is CNC(=O)c1cc[n+](CCS(=O)(=O)O)nc1. The van der Waals surface area contributed by atoms with Crippen molar-refractivity contribution in [3.8, 4) is 0 Å². The predicted molar refractivity (Wildman–Crippen MR) is 54.2 cm³/mol. The van der Waals surface area contributed by atoms with Gasteiger partial charge in [-0.25, -0.2) is 0 Å². The summed E-state index contributed by atoms with van der Waals surface area (Å²) < 4.78 is 30.8. The Kier molecular flexibility index (Phi) is 3.91. The molecule has 0 aliphatic heterocycles. The van der Waals surface area contributed by atoms with Gasteiger partial charge in [-0.2, -0.15) is 8.42 Å². The van der Waals surface area contributed by atoms with E-state index in [-0.39, 0.29) is 12.5 Å². The highest BCUT2D eigenvalue weighted by molar-refractivity contribution is 7.85. The number of aromatic nitrogens is 2. The number of nitrogens with zero attached hydrogens (tertiary/aromatic N) is 2. The zero-order valence-electron chi connectivity index (χ0n) is 8.62. The molecule has 0 aromatic carbocycles. The second-order valence-corrected chi connectivity index (χ2v) is 4.62. The summed E-state index contributed by atoms with van der Waals surface area (Å²) in [6.45, 7) is 0.0346. The lowest BCUT2D eigenvalue weighted by Gasteiger charge is -1.97. The highest BCUT2D eigenvalue weighted by atomic mass is 32.2. The van der Waals surface area contributed by atoms with Crippen LogP contribution in [0.2, 0.25) is 0 Å². The summed E-state index contributed by atoms with van der Waals surface area (Å²) in [6, 6.07) is 1.51. The molecule has 0 radical (unpaired) electrons. The maximum Gasteiger partial charge on any atom is 0.271 e. The van der Waals surface area contributed by atoms with E-state index in [0.717, 1.165) is 0 Å². The van der Waals surface area contributed by atoms with Gasteiger partial charge >= 0.3 is 0 Å². The number of nitrogens with one attached hydrogen (secondary N) is 1. The summed E-state index contributed by atoms with van der Waals surface area (Å²) in [5, 5.41) is 6.26. The summed E-state index contributed by atoms with van der Waals surface area (Å²) in [7, 11) is -2.49. The van der Waals surface area contributed by atoms with Gasteiger partial charge in [-0.15, -0.1) is 0 Å². The summed E-state index contributed by atoms with van der Waals surface area (Å²) in [5.41, 5.74) is 0.380. The van der Waals surface area contributed by atoms with Crippen molar-refractivity contribution in [1.29, 1.82) is 0 Å². The molecule has 0 spiro atoms. The van der Waals surface area contributed by atoms with Crippen LogP contribution >= 0.6 is 0 Å². The highest BCUT2D eigenvalue weighted by Crippen LogP contribution is 1.91. The lowest BCUT2D eigenvalue weighted by atomic mass is 10.3. The quantitative estimate of drug-likeness (QED) is 0.503. The molecule has 1 amide bonds. The molecule has 0 atom stereocenters. The van der Waals surface area contributed by atoms with Gasteiger partial charge in [0.15, 0.2) is 12.7 Å². The molecule has 0 saturated carbocycles. The molecule has 0 unspecified atom stereocenters. The Labute approximate surface area is 92.8 Å². The fourth-order valence-electron chi connectivity index (χ4n) is 1.00. The molecule has 88 valence electrons. The summed E-state index contributed by atoms with van der Waals surface area (Å²) in [6.07, 6.45) is 2.79. The average Bonchev–Trinajstić information content (AvgIpc) is 2.25. The smallest absolute Gasteiger partial charge is 0.271 e. The second-order valence-electron chi connectivity index (χ2n) is 3.04. The Morgan fingerprint density at radius 1 is 1.62 bits per heavy atom. The molecule has 0 bridgehead atoms. The first-order chi connectivity index (χ1) is 7.42. The standard InChI is InChI=1S/C8H11N3O4S/c1-9-8(12)7-2-3-11(10-6-7)4-5-16(13,14)15/h2-3,6H,4-5H2,1H3,(H-,9,12,13,14,15)/p+1. The molecule has 8 heteroatoms. The maximum atomic E-state index is 11.1. The topological polar surface area (TPSA) is 100 Å². The van der Waals surface area contributed by atoms with E-state index in [1.165, 1.54) is 30.2 Å². The van der Waals surface area contributed by atoms with Gasteiger partial charge in [0.2, 0.25) is 0 Å². The van der Waals surface area contributed by atoms with Gasteiger partial charge in [-0.3, -0.25) is 9.35 Å². The van der Waals surface area contributed by atoms with Crippen molar-refractivity contribution in [2.45, 2.75) is 6.54 Å². The number of amides is 1. The molecular weight excluding hydrogens is 234 g/mol. The molecule has 2 N–H and O–H groups in total. The van der Waals surface area contributed by atoms with E-state index in [4.69, 9.17) is 4.55 Å². The fraction of sp³-hybridized carbons (Fsp3) is 0.375. The van der Waals surface area contributed by atoms with Crippen LogP contribution in [0.15, 0.2) is 18.5 Å². The van der Waals surface area contributed by atoms with Gasteiger partial charge in [-0.1, -0.05) is 4.68 Å². The van der Waals surface area contributed by atoms with E-state index in [1.807, 2.05) is 0 Å². The van der Waals surface area contributed by atoms with Gasteiger partial charge in [0.05, 0.1) is 5.56 Å². The fourth-order valence-corrected chi connectivity index (χ4v) is 1.42. The number of carbonyl (C=O) groups is 1. The Bertz CT molecular complexity index is 469. The molecule has 0 aliphatic rings. The van der Waals surface area contributed by atoms with E-state index in [2.05, 4.69) is 10.4 Å². The van der Waals surface area contributed by atoms with E-state index in [1.54, 1.807) is 0 Å². The summed E-state index contributed by atoms with van der Waals surface area (Å²) >= 11 is 0. The van der Waals surface area contributed by atoms with E-state index >= 15 is 0 Å². The molecule has 1 aromatic heterocycles. The largest absolute Gasteiger partial charge is 0.355 e. The first-order valence-corrected chi connectivity index (χ1v) is 6.06. The van der Waals surface area contributed by atoms with Crippen molar-refractivity contribution in [3.63, 3.8) is 0 Å². The first kappa shape index (κ1) is 12.5. The third kappa shape index (κ3) is 3.91. The van der Waals surface area contributed by atoms with Crippen LogP contribution < -0.4 is 10.00 Å². The Hall–Kier alpha value is -1.54. The minimum atomic E-state index is -3.99. The summed E-state index contributed by atoms with van der Waals surface area (Å²) in [4.78, 5) is 11.1. The third-order valence-corrected chi connectivity index (χ3v) is 2.54. The Balaban J connectivity index is 2.69. The van der Waals surface area contributed by atoms with Gasteiger partial charge < -0.3 is 5.32 Å². The number of hydrogen-bond donors (Lipinski definition) is 2. The van der Waals surface area contributed by atoms with Gasteiger partial charge in [0, 0.05) is 13.1 Å². The van der Waals surface area contributed by atoms with Crippen molar-refractivity contribution >= 4 is 16.0 Å². The minimum absolute atomic E-state index is 0.0346. The first-order valence-electron chi connectivity index (χ1n) is 4.45. The van der Waals surface area contributed by atoms with Crippen molar-refractivity contribution in [3.05, 3.63) is 24.0 Å². The summed E-state index contributed by atoms with van der Waals surface area (Å²) in [5.74, 6) is -0.682. The zero-order valence-corrected chi connectivity index (χ0v) is 9.44. The van der Waals surface area contributed by atoms with Crippen LogP contribution in [0.1, 0.15) is 10.4 Å². The van der Waals surface area contributed by atoms with E-state index in [9.17, 15) is 13.2 Å². The average molecular weight is 246 g/mol. The van der Waals surface area contributed by atoms with E-state index < -0.39 is 15.9 Å². The number of carbonyl (C=O) groups excluding carboxylic acids is 1. The van der Waals surface area contributed by atoms with Gasteiger partial charge in [0.1, 0.15) is 11.9 Å². The lowest BCUT2D eigenvalue weighted by molar-refractivity contribution is -0.750. The van der Waals surface area contributed by atoms with Crippen LogP contribution in [0, 0.1) is 0 Å². The molecule has 0 aliphatic carbocycles. The molecule has 1 heterocycles. The molecule has 1 rings (SSSR count).